The van der Waals surface area contributed by atoms with Crippen molar-refractivity contribution in [2.24, 2.45) is 7.05 Å². The molecule has 3 amide bonds. The molecule has 0 bridgehead atoms. The highest BCUT2D eigenvalue weighted by atomic mass is 32.2. The molecule has 10 nitrogen and oxygen atoms in total. The second-order valence-electron chi connectivity index (χ2n) is 10.5. The average molecular weight is 489 g/mol. The maximum atomic E-state index is 13.5. The first kappa shape index (κ1) is 23.1. The lowest BCUT2D eigenvalue weighted by Crippen LogP contribution is -2.56. The van der Waals surface area contributed by atoms with Gasteiger partial charge in [-0.1, -0.05) is 6.08 Å². The van der Waals surface area contributed by atoms with Gasteiger partial charge in [0.05, 0.1) is 17.9 Å². The summed E-state index contributed by atoms with van der Waals surface area (Å²) in [5.41, 5.74) is 0.655. The van der Waals surface area contributed by atoms with E-state index in [4.69, 9.17) is 4.74 Å². The van der Waals surface area contributed by atoms with Crippen molar-refractivity contribution in [3.8, 4) is 0 Å². The van der Waals surface area contributed by atoms with Crippen molar-refractivity contribution >= 4 is 27.7 Å². The van der Waals surface area contributed by atoms with Crippen molar-refractivity contribution in [3.63, 3.8) is 0 Å². The van der Waals surface area contributed by atoms with Crippen molar-refractivity contribution in [1.82, 2.24) is 19.4 Å². The van der Waals surface area contributed by atoms with Crippen LogP contribution in [0.5, 0.6) is 0 Å². The molecule has 1 saturated carbocycles. The number of sulfonamides is 1. The SMILES string of the molecule is Cn1cc(CN2C(=O)C3=CC(S(=O)(=O)NC4(C)CC4)C=CC3=[N+](CC3CC(C)(C)O3)C2=O)cn1. The number of nitrogens with zero attached hydrogens (tertiary/aromatic N) is 4. The van der Waals surface area contributed by atoms with Crippen molar-refractivity contribution in [2.75, 3.05) is 6.54 Å². The molecule has 3 heterocycles. The van der Waals surface area contributed by atoms with Gasteiger partial charge >= 0.3 is 11.9 Å². The highest BCUT2D eigenvalue weighted by Crippen LogP contribution is 2.36. The van der Waals surface area contributed by atoms with E-state index in [1.165, 1.54) is 16.7 Å². The fraction of sp³-hybridized carbons (Fsp3) is 0.565. The number of nitrogens with one attached hydrogen (secondary N) is 1. The van der Waals surface area contributed by atoms with Gasteiger partial charge in [-0.05, 0) is 45.8 Å². The van der Waals surface area contributed by atoms with E-state index < -0.39 is 32.8 Å². The van der Waals surface area contributed by atoms with E-state index in [1.807, 2.05) is 20.8 Å². The summed E-state index contributed by atoms with van der Waals surface area (Å²) >= 11 is 0. The van der Waals surface area contributed by atoms with Crippen molar-refractivity contribution in [1.29, 1.82) is 0 Å². The van der Waals surface area contributed by atoms with Crippen LogP contribution in [0.25, 0.3) is 0 Å². The summed E-state index contributed by atoms with van der Waals surface area (Å²) in [6.45, 7) is 6.16. The second-order valence-corrected chi connectivity index (χ2v) is 12.3. The van der Waals surface area contributed by atoms with Crippen LogP contribution in [0.15, 0.2) is 36.2 Å². The van der Waals surface area contributed by atoms with E-state index in [-0.39, 0.29) is 30.4 Å². The summed E-state index contributed by atoms with van der Waals surface area (Å²) in [6, 6.07) is -0.455. The number of hydrogen-bond acceptors (Lipinski definition) is 6. The summed E-state index contributed by atoms with van der Waals surface area (Å²) < 4.78 is 37.8. The lowest BCUT2D eigenvalue weighted by molar-refractivity contribution is -0.463. The Morgan fingerprint density at radius 1 is 1.26 bits per heavy atom. The fourth-order valence-corrected chi connectivity index (χ4v) is 6.35. The zero-order valence-corrected chi connectivity index (χ0v) is 20.6. The largest absolute Gasteiger partial charge is 0.501 e. The van der Waals surface area contributed by atoms with Crippen LogP contribution in [0.4, 0.5) is 4.79 Å². The van der Waals surface area contributed by atoms with Crippen LogP contribution in [0.1, 0.15) is 45.6 Å². The number of carbonyl (C=O) groups is 2. The summed E-state index contributed by atoms with van der Waals surface area (Å²) in [5.74, 6) is -0.517. The van der Waals surface area contributed by atoms with Crippen LogP contribution >= 0.6 is 0 Å². The monoisotopic (exact) mass is 488 g/mol. The summed E-state index contributed by atoms with van der Waals surface area (Å²) in [5, 5.41) is 3.12. The predicted molar refractivity (Wildman–Crippen MR) is 124 cm³/mol. The van der Waals surface area contributed by atoms with Crippen molar-refractivity contribution in [2.45, 2.75) is 69.1 Å². The third-order valence-corrected chi connectivity index (χ3v) is 8.50. The average Bonchev–Trinajstić information content (AvgIpc) is 3.30. The molecule has 2 aliphatic carbocycles. The quantitative estimate of drug-likeness (QED) is 0.578. The Kier molecular flexibility index (Phi) is 5.23. The molecule has 2 unspecified atom stereocenters. The Labute approximate surface area is 199 Å². The predicted octanol–water partition coefficient (Wildman–Crippen LogP) is 1.24. The first-order chi connectivity index (χ1) is 15.9. The number of aromatic nitrogens is 2. The van der Waals surface area contributed by atoms with Gasteiger partial charge < -0.3 is 4.74 Å². The molecule has 1 saturated heterocycles. The van der Waals surface area contributed by atoms with Crippen LogP contribution in [0.3, 0.4) is 0 Å². The molecule has 0 radical (unpaired) electrons. The number of fused-ring (bicyclic) bond motifs is 1. The molecule has 1 aromatic rings. The molecule has 4 aliphatic rings. The summed E-state index contributed by atoms with van der Waals surface area (Å²) in [4.78, 5) is 28.0. The molecule has 0 aromatic carbocycles. The van der Waals surface area contributed by atoms with E-state index >= 15 is 0 Å². The van der Waals surface area contributed by atoms with Gasteiger partial charge in [-0.25, -0.2) is 17.9 Å². The molecule has 2 atom stereocenters. The molecule has 2 aliphatic heterocycles. The van der Waals surface area contributed by atoms with Crippen LogP contribution in [0.2, 0.25) is 0 Å². The van der Waals surface area contributed by atoms with Crippen molar-refractivity contribution < 1.29 is 27.3 Å². The number of ether oxygens (including phenoxy) is 1. The lowest BCUT2D eigenvalue weighted by atomic mass is 9.92. The minimum Gasteiger partial charge on any atom is -0.368 e. The normalized spacial score (nSPS) is 27.4. The highest BCUT2D eigenvalue weighted by Gasteiger charge is 2.49. The lowest BCUT2D eigenvalue weighted by Gasteiger charge is -2.42. The minimum absolute atomic E-state index is 0.0428. The molecular weight excluding hydrogens is 458 g/mol. The number of amides is 3. The maximum absolute atomic E-state index is 13.5. The van der Waals surface area contributed by atoms with E-state index in [0.29, 0.717) is 11.3 Å². The minimum atomic E-state index is -3.73. The first-order valence-electron chi connectivity index (χ1n) is 11.4. The maximum Gasteiger partial charge on any atom is 0.501 e. The van der Waals surface area contributed by atoms with Crippen LogP contribution in [0, 0.1) is 0 Å². The van der Waals surface area contributed by atoms with Gasteiger partial charge in [-0.15, -0.1) is 0 Å². The molecule has 2 fully saturated rings. The van der Waals surface area contributed by atoms with Gasteiger partial charge in [0.1, 0.15) is 29.6 Å². The summed E-state index contributed by atoms with van der Waals surface area (Å²) in [6.07, 6.45) is 10.1. The number of urea groups is 1. The van der Waals surface area contributed by atoms with E-state index in [2.05, 4.69) is 9.82 Å². The fourth-order valence-electron chi connectivity index (χ4n) is 4.72. The zero-order valence-electron chi connectivity index (χ0n) is 19.8. The van der Waals surface area contributed by atoms with E-state index in [1.54, 1.807) is 30.2 Å². The van der Waals surface area contributed by atoms with Gasteiger partial charge in [0.15, 0.2) is 0 Å². The number of imide groups is 1. The number of rotatable bonds is 7. The molecule has 182 valence electrons. The van der Waals surface area contributed by atoms with Crippen molar-refractivity contribution in [3.05, 3.63) is 41.8 Å². The second kappa shape index (κ2) is 7.69. The number of allylic oxidation sites excluding steroid dienone is 1. The molecular formula is C23H30N5O5S+. The van der Waals surface area contributed by atoms with E-state index in [0.717, 1.165) is 24.2 Å². The zero-order chi connectivity index (χ0) is 24.5. The molecule has 34 heavy (non-hydrogen) atoms. The third-order valence-electron chi connectivity index (χ3n) is 6.72. The van der Waals surface area contributed by atoms with Crippen LogP contribution < -0.4 is 4.72 Å². The molecule has 11 heteroatoms. The van der Waals surface area contributed by atoms with E-state index in [9.17, 15) is 18.0 Å². The third kappa shape index (κ3) is 4.27. The van der Waals surface area contributed by atoms with Crippen LogP contribution in [-0.2, 0) is 33.1 Å². The number of aryl methyl sites for hydroxylation is 1. The van der Waals surface area contributed by atoms with Gasteiger partial charge in [0, 0.05) is 30.8 Å². The highest BCUT2D eigenvalue weighted by molar-refractivity contribution is 7.90. The number of hydrogen-bond donors (Lipinski definition) is 1. The Morgan fingerprint density at radius 3 is 2.56 bits per heavy atom. The molecule has 5 rings (SSSR count). The van der Waals surface area contributed by atoms with Gasteiger partial charge in [-0.2, -0.15) is 19.4 Å². The Hall–Kier alpha value is -2.63. The standard InChI is InChI=1S/C23H30N5O5S/c1-22(2)10-16(33-22)14-27-19-6-5-17(34(31,32)25-23(3)7-8-23)9-18(19)20(29)28(21(27)30)13-15-11-24-26(4)12-15/h5-6,9,11-12,16-17,25H,7-8,10,13-14H2,1-4H3/q+1. The smallest absolute Gasteiger partial charge is 0.368 e. The van der Waals surface area contributed by atoms with Crippen LogP contribution in [-0.4, -0.2) is 74.4 Å². The van der Waals surface area contributed by atoms with Gasteiger partial charge in [-0.3, -0.25) is 4.68 Å². The summed E-state index contributed by atoms with van der Waals surface area (Å²) in [7, 11) is -1.97. The van der Waals surface area contributed by atoms with Gasteiger partial charge in [0.25, 0.3) is 0 Å². The van der Waals surface area contributed by atoms with Gasteiger partial charge in [0.2, 0.25) is 10.0 Å². The molecule has 1 aromatic heterocycles. The number of carbonyl (C=O) groups excluding carboxylic acids is 2. The Morgan fingerprint density at radius 2 is 1.97 bits per heavy atom. The topological polar surface area (TPSA) is 114 Å². The Bertz CT molecular complexity index is 1260. The molecule has 1 N–H and O–H groups in total. The Balaban J connectivity index is 1.50. The molecule has 0 spiro atoms. The first-order valence-corrected chi connectivity index (χ1v) is 13.0.